The second-order valence-electron chi connectivity index (χ2n) is 9.48. The fourth-order valence-electron chi connectivity index (χ4n) is 5.99. The minimum absolute atomic E-state index is 0.0396. The van der Waals surface area contributed by atoms with Gasteiger partial charge in [0.25, 0.3) is 0 Å². The van der Waals surface area contributed by atoms with Gasteiger partial charge in [0.05, 0.1) is 11.1 Å². The molecule has 3 heterocycles. The van der Waals surface area contributed by atoms with Gasteiger partial charge in [-0.3, -0.25) is 0 Å². The van der Waals surface area contributed by atoms with Crippen LogP contribution in [0.15, 0.2) is 72.8 Å². The second-order valence-corrected chi connectivity index (χ2v) is 10.6. The summed E-state index contributed by atoms with van der Waals surface area (Å²) in [7, 11) is 0. The van der Waals surface area contributed by atoms with Gasteiger partial charge in [0.2, 0.25) is 0 Å². The number of hydrogen-bond donors (Lipinski definition) is 1. The maximum absolute atomic E-state index is 13.4. The first-order chi connectivity index (χ1) is 18.5. The number of nitrogens with zero attached hydrogens (tertiary/aromatic N) is 1. The van der Waals surface area contributed by atoms with E-state index in [1.165, 1.54) is 11.3 Å². The molecule has 1 unspecified atom stereocenters. The lowest BCUT2D eigenvalue weighted by molar-refractivity contribution is 0.0229. The summed E-state index contributed by atoms with van der Waals surface area (Å²) in [5.74, 6) is -0.854. The van der Waals surface area contributed by atoms with Gasteiger partial charge in [-0.15, -0.1) is 11.3 Å². The third-order valence-electron chi connectivity index (χ3n) is 7.66. The maximum atomic E-state index is 13.4. The molecule has 188 valence electrons. The van der Waals surface area contributed by atoms with Crippen molar-refractivity contribution in [2.45, 2.75) is 19.4 Å². The fourth-order valence-corrected chi connectivity index (χ4v) is 7.14. The first kappa shape index (κ1) is 22.8. The Morgan fingerprint density at radius 2 is 1.71 bits per heavy atom. The summed E-state index contributed by atoms with van der Waals surface area (Å²) in [5.41, 5.74) is 2.02. The molecule has 0 fully saturated rings. The van der Waals surface area contributed by atoms with E-state index in [2.05, 4.69) is 18.7 Å². The molecule has 0 saturated carbocycles. The Labute approximate surface area is 222 Å². The highest BCUT2D eigenvalue weighted by atomic mass is 32.1. The Hall–Kier alpha value is -4.36. The topological polar surface area (TPSA) is 76.1 Å². The first-order valence-corrected chi connectivity index (χ1v) is 13.4. The monoisotopic (exact) mass is 521 g/mol. The smallest absolute Gasteiger partial charge is 0.340 e. The highest BCUT2D eigenvalue weighted by molar-refractivity contribution is 7.25. The molecule has 0 bridgehead atoms. The van der Waals surface area contributed by atoms with Crippen molar-refractivity contribution in [2.75, 3.05) is 18.0 Å². The number of thiophene rings is 1. The molecule has 6 nitrogen and oxygen atoms in total. The number of aromatic carboxylic acids is 1. The molecule has 5 aromatic rings. The zero-order chi connectivity index (χ0) is 26.2. The Morgan fingerprint density at radius 3 is 2.50 bits per heavy atom. The Morgan fingerprint density at radius 1 is 0.947 bits per heavy atom. The molecule has 38 heavy (non-hydrogen) atoms. The van der Waals surface area contributed by atoms with E-state index in [9.17, 15) is 14.7 Å². The van der Waals surface area contributed by atoms with E-state index in [0.717, 1.165) is 38.9 Å². The molecule has 0 amide bonds. The molecule has 1 atom stereocenters. The Balaban J connectivity index is 1.67. The Kier molecular flexibility index (Phi) is 4.84. The molecule has 2 aliphatic heterocycles. The molecule has 4 aromatic carbocycles. The minimum atomic E-state index is -1.36. The summed E-state index contributed by atoms with van der Waals surface area (Å²) in [5, 5.41) is 12.1. The van der Waals surface area contributed by atoms with Crippen molar-refractivity contribution in [2.24, 2.45) is 0 Å². The van der Waals surface area contributed by atoms with E-state index < -0.39 is 17.5 Å². The van der Waals surface area contributed by atoms with E-state index in [0.29, 0.717) is 28.0 Å². The van der Waals surface area contributed by atoms with Crippen molar-refractivity contribution in [3.63, 3.8) is 0 Å². The number of hydrogen-bond acceptors (Lipinski definition) is 6. The van der Waals surface area contributed by atoms with Gasteiger partial charge in [-0.05, 0) is 44.2 Å². The predicted octanol–water partition coefficient (Wildman–Crippen LogP) is 7.17. The van der Waals surface area contributed by atoms with Gasteiger partial charge in [0.1, 0.15) is 11.3 Å². The van der Waals surface area contributed by atoms with E-state index in [1.807, 2.05) is 60.7 Å². The Bertz CT molecular complexity index is 1820. The van der Waals surface area contributed by atoms with E-state index >= 15 is 0 Å². The van der Waals surface area contributed by atoms with Gasteiger partial charge < -0.3 is 19.5 Å². The number of carbonyl (C=O) groups excluding carboxylic acids is 1. The molecule has 7 heteroatoms. The van der Waals surface area contributed by atoms with Gasteiger partial charge >= 0.3 is 11.9 Å². The van der Waals surface area contributed by atoms with Crippen LogP contribution in [0.25, 0.3) is 20.2 Å². The average Bonchev–Trinajstić information content (AvgIpc) is 3.44. The zero-order valence-corrected chi connectivity index (χ0v) is 21.6. The van der Waals surface area contributed by atoms with Crippen molar-refractivity contribution in [1.29, 1.82) is 0 Å². The second kappa shape index (κ2) is 8.07. The van der Waals surface area contributed by atoms with E-state index in [1.54, 1.807) is 12.1 Å². The van der Waals surface area contributed by atoms with Crippen LogP contribution in [-0.2, 0) is 10.3 Å². The number of ether oxygens (including phenoxy) is 2. The normalized spacial score (nSPS) is 17.2. The van der Waals surface area contributed by atoms with Crippen molar-refractivity contribution in [1.82, 2.24) is 0 Å². The first-order valence-electron chi connectivity index (χ1n) is 12.6. The van der Waals surface area contributed by atoms with Gasteiger partial charge in [-0.2, -0.15) is 0 Å². The van der Waals surface area contributed by atoms with Crippen LogP contribution in [0.5, 0.6) is 11.5 Å². The maximum Gasteiger partial charge on any atom is 0.340 e. The number of rotatable bonds is 4. The number of anilines is 1. The van der Waals surface area contributed by atoms with Crippen LogP contribution in [0.1, 0.15) is 51.3 Å². The van der Waals surface area contributed by atoms with E-state index in [4.69, 9.17) is 9.47 Å². The number of benzene rings is 4. The molecule has 1 N–H and O–H groups in total. The summed E-state index contributed by atoms with van der Waals surface area (Å²) in [4.78, 5) is 28.2. The molecule has 7 rings (SSSR count). The van der Waals surface area contributed by atoms with Crippen molar-refractivity contribution >= 4 is 49.1 Å². The lowest BCUT2D eigenvalue weighted by atomic mass is 9.75. The number of fused-ring (bicyclic) bond motifs is 10. The summed E-state index contributed by atoms with van der Waals surface area (Å²) >= 11 is 1.52. The number of carboxylic acid groups (broad SMARTS) is 1. The average molecular weight is 522 g/mol. The van der Waals surface area contributed by atoms with Crippen LogP contribution in [0.2, 0.25) is 0 Å². The van der Waals surface area contributed by atoms with Crippen molar-refractivity contribution in [3.8, 4) is 11.5 Å². The molecule has 1 aromatic heterocycles. The van der Waals surface area contributed by atoms with Crippen LogP contribution in [0.3, 0.4) is 0 Å². The van der Waals surface area contributed by atoms with Crippen LogP contribution in [0.4, 0.5) is 5.69 Å². The lowest BCUT2D eigenvalue weighted by Gasteiger charge is -2.38. The number of esters is 1. The molecule has 0 saturated heterocycles. The zero-order valence-electron chi connectivity index (χ0n) is 20.8. The van der Waals surface area contributed by atoms with Crippen molar-refractivity contribution in [3.05, 3.63) is 101 Å². The van der Waals surface area contributed by atoms with Crippen LogP contribution in [0, 0.1) is 0 Å². The summed E-state index contributed by atoms with van der Waals surface area (Å²) in [6, 6.07) is 22.9. The minimum Gasteiger partial charge on any atom is -0.478 e. The van der Waals surface area contributed by atoms with Crippen LogP contribution in [-0.4, -0.2) is 30.1 Å². The SMILES string of the molecule is CCN(CC)c1ccc2c(c1)Oc1c(C(=O)O)cc3sc4ccccc4c3c1C21OC(=O)c2ccccc21. The van der Waals surface area contributed by atoms with Crippen LogP contribution < -0.4 is 9.64 Å². The highest BCUT2D eigenvalue weighted by Crippen LogP contribution is 2.60. The third-order valence-corrected chi connectivity index (χ3v) is 8.78. The fraction of sp³-hybridized carbons (Fsp3) is 0.161. The molecule has 0 aliphatic carbocycles. The summed E-state index contributed by atoms with van der Waals surface area (Å²) < 4.78 is 14.7. The largest absolute Gasteiger partial charge is 0.478 e. The van der Waals surface area contributed by atoms with Gasteiger partial charge in [0, 0.05) is 56.1 Å². The standard InChI is InChI=1S/C31H23NO5S/c1-3-32(4-2)17-13-14-22-23(15-17)36-28-20(29(33)34)16-25-26(19-10-6-8-12-24(19)38-25)27(28)31(22)21-11-7-5-9-18(21)30(35)37-31/h5-16H,3-4H2,1-2H3,(H,33,34). The molecule has 0 radical (unpaired) electrons. The molecular weight excluding hydrogens is 498 g/mol. The third kappa shape index (κ3) is 2.88. The molecule has 2 aliphatic rings. The quantitative estimate of drug-likeness (QED) is 0.253. The molecule has 1 spiro atoms. The highest BCUT2D eigenvalue weighted by Gasteiger charge is 2.55. The summed E-state index contributed by atoms with van der Waals surface area (Å²) in [6.45, 7) is 5.76. The van der Waals surface area contributed by atoms with Crippen molar-refractivity contribution < 1.29 is 24.2 Å². The predicted molar refractivity (Wildman–Crippen MR) is 148 cm³/mol. The molecular formula is C31H23NO5S. The number of carbonyl (C=O) groups is 2. The lowest BCUT2D eigenvalue weighted by Crippen LogP contribution is -2.34. The van der Waals surface area contributed by atoms with Gasteiger partial charge in [-0.25, -0.2) is 9.59 Å². The number of carboxylic acids is 1. The van der Waals surface area contributed by atoms with E-state index in [-0.39, 0.29) is 11.3 Å². The van der Waals surface area contributed by atoms with Gasteiger partial charge in [0.15, 0.2) is 11.4 Å². The van der Waals surface area contributed by atoms with Crippen LogP contribution >= 0.6 is 11.3 Å². The van der Waals surface area contributed by atoms with Gasteiger partial charge in [-0.1, -0.05) is 36.4 Å². The summed E-state index contributed by atoms with van der Waals surface area (Å²) in [6.07, 6.45) is 0.